The van der Waals surface area contributed by atoms with Crippen molar-refractivity contribution >= 4 is 46.5 Å². The van der Waals surface area contributed by atoms with Crippen LogP contribution < -0.4 is 19.6 Å². The third kappa shape index (κ3) is 6.62. The Morgan fingerprint density at radius 1 is 1.02 bits per heavy atom. The number of rotatable bonds is 10. The first-order valence-electron chi connectivity index (χ1n) is 14.6. The summed E-state index contributed by atoms with van der Waals surface area (Å²) in [6.45, 7) is 4.23. The van der Waals surface area contributed by atoms with Crippen molar-refractivity contribution in [2.24, 2.45) is 4.99 Å². The van der Waals surface area contributed by atoms with Gasteiger partial charge in [-0.2, -0.15) is 0 Å². The van der Waals surface area contributed by atoms with Crippen molar-refractivity contribution in [2.45, 2.75) is 29.9 Å². The van der Waals surface area contributed by atoms with Crippen LogP contribution in [0.3, 0.4) is 0 Å². The smallest absolute Gasteiger partial charge is 0.338 e. The van der Waals surface area contributed by atoms with Crippen LogP contribution in [0.2, 0.25) is 0 Å². The average molecular weight is 666 g/mol. The summed E-state index contributed by atoms with van der Waals surface area (Å²) in [6.07, 6.45) is 4.72. The summed E-state index contributed by atoms with van der Waals surface area (Å²) in [4.78, 5) is 53.3. The zero-order valence-electron chi connectivity index (χ0n) is 25.2. The molecule has 2 aromatic heterocycles. The van der Waals surface area contributed by atoms with Crippen molar-refractivity contribution in [1.82, 2.24) is 14.5 Å². The quantitative estimate of drug-likeness (QED) is 0.0854. The summed E-state index contributed by atoms with van der Waals surface area (Å²) < 4.78 is 12.9. The van der Waals surface area contributed by atoms with E-state index in [1.807, 2.05) is 49.4 Å². The number of carbonyl (C=O) groups is 1. The summed E-state index contributed by atoms with van der Waals surface area (Å²) in [6, 6.07) is 22.0. The maximum Gasteiger partial charge on any atom is 0.338 e. The number of fused-ring (bicyclic) bond motifs is 1. The number of carbonyl (C=O) groups excluding carboxylic acids is 1. The second-order valence-electron chi connectivity index (χ2n) is 10.1. The number of hydrogen-bond donors (Lipinski definition) is 0. The van der Waals surface area contributed by atoms with E-state index in [2.05, 4.69) is 9.97 Å². The zero-order chi connectivity index (χ0) is 32.9. The molecule has 11 nitrogen and oxygen atoms in total. The Balaban J connectivity index is 1.53. The molecule has 1 aliphatic heterocycles. The third-order valence-corrected chi connectivity index (χ3v) is 9.04. The van der Waals surface area contributed by atoms with E-state index in [0.717, 1.165) is 23.1 Å². The highest BCUT2D eigenvalue weighted by molar-refractivity contribution is 7.99. The molecular weight excluding hydrogens is 639 g/mol. The van der Waals surface area contributed by atoms with E-state index in [9.17, 15) is 19.7 Å². The third-order valence-electron chi connectivity index (χ3n) is 7.10. The monoisotopic (exact) mass is 665 g/mol. The minimum atomic E-state index is -0.864. The highest BCUT2D eigenvalue weighted by atomic mass is 32.2. The van der Waals surface area contributed by atoms with Crippen LogP contribution in [0.15, 0.2) is 117 Å². The minimum absolute atomic E-state index is 0.133. The molecule has 0 saturated heterocycles. The van der Waals surface area contributed by atoms with Crippen LogP contribution in [0.25, 0.3) is 11.8 Å². The number of nitro benzene ring substituents is 1. The number of benzene rings is 3. The number of nitro groups is 1. The van der Waals surface area contributed by atoms with Crippen molar-refractivity contribution in [3.8, 4) is 5.75 Å². The molecule has 5 aromatic rings. The van der Waals surface area contributed by atoms with Gasteiger partial charge in [0.25, 0.3) is 11.2 Å². The lowest BCUT2D eigenvalue weighted by Gasteiger charge is -2.26. The Hall–Kier alpha value is -5.40. The molecule has 0 radical (unpaired) electrons. The van der Waals surface area contributed by atoms with Gasteiger partial charge in [-0.3, -0.25) is 19.5 Å². The van der Waals surface area contributed by atoms with Crippen LogP contribution in [-0.2, 0) is 9.53 Å². The number of esters is 1. The number of nitrogens with zero attached hydrogens (tertiary/aromatic N) is 5. The van der Waals surface area contributed by atoms with Crippen molar-refractivity contribution in [1.29, 1.82) is 0 Å². The van der Waals surface area contributed by atoms with Gasteiger partial charge in [-0.05, 0) is 67.1 Å². The van der Waals surface area contributed by atoms with Crippen LogP contribution in [0, 0.1) is 10.1 Å². The van der Waals surface area contributed by atoms with Crippen molar-refractivity contribution in [3.05, 3.63) is 143 Å². The molecule has 3 aromatic carbocycles. The Kier molecular flexibility index (Phi) is 9.36. The second-order valence-corrected chi connectivity index (χ2v) is 12.1. The molecule has 3 heterocycles. The van der Waals surface area contributed by atoms with E-state index < -0.39 is 22.5 Å². The number of ether oxygens (including phenoxy) is 2. The van der Waals surface area contributed by atoms with E-state index in [4.69, 9.17) is 14.5 Å². The van der Waals surface area contributed by atoms with Crippen LogP contribution >= 0.6 is 23.1 Å². The summed E-state index contributed by atoms with van der Waals surface area (Å²) in [5.74, 6) is 0.0602. The SMILES string of the molecule is CCOC(=O)C1=C(c2ccccc2)N=c2s/c(=C\c3ccc(Sc4ncccn4)c([N+](=O)[O-])c3)c(=O)n2[C@@H]1c1ccc(OCC)cc1. The van der Waals surface area contributed by atoms with Gasteiger partial charge >= 0.3 is 5.97 Å². The minimum Gasteiger partial charge on any atom is -0.494 e. The van der Waals surface area contributed by atoms with Crippen LogP contribution in [0.4, 0.5) is 5.69 Å². The molecule has 47 heavy (non-hydrogen) atoms. The highest BCUT2D eigenvalue weighted by Gasteiger charge is 2.35. The Bertz CT molecular complexity index is 2160. The van der Waals surface area contributed by atoms with Crippen LogP contribution in [0.1, 0.15) is 36.6 Å². The first-order chi connectivity index (χ1) is 22.9. The molecule has 0 saturated carbocycles. The highest BCUT2D eigenvalue weighted by Crippen LogP contribution is 2.36. The molecule has 6 rings (SSSR count). The van der Waals surface area contributed by atoms with Gasteiger partial charge in [0.1, 0.15) is 5.75 Å². The van der Waals surface area contributed by atoms with Crippen molar-refractivity contribution in [2.75, 3.05) is 13.2 Å². The molecule has 0 N–H and O–H groups in total. The molecule has 1 aliphatic rings. The lowest BCUT2D eigenvalue weighted by Crippen LogP contribution is -2.40. The molecule has 0 spiro atoms. The fourth-order valence-electron chi connectivity index (χ4n) is 5.11. The lowest BCUT2D eigenvalue weighted by atomic mass is 9.93. The molecule has 1 atom stereocenters. The standard InChI is InChI=1S/C34H27N5O6S2/c1-3-44-24-14-12-23(13-15-24)30-28(32(41)45-4-2)29(22-9-6-5-7-10-22)37-34-38(30)31(40)27(47-34)20-21-11-16-26(25(19-21)39(42)43)46-33-35-17-8-18-36-33/h5-20,30H,3-4H2,1-2H3/b27-20-/t30-/m1/s1. The molecular formula is C34H27N5O6S2. The normalized spacial score (nSPS) is 14.3. The number of thiazole rings is 1. The van der Waals surface area contributed by atoms with Crippen LogP contribution in [0.5, 0.6) is 5.75 Å². The fourth-order valence-corrected chi connectivity index (χ4v) is 6.91. The van der Waals surface area contributed by atoms with Crippen molar-refractivity contribution < 1.29 is 19.2 Å². The largest absolute Gasteiger partial charge is 0.494 e. The maximum atomic E-state index is 14.2. The Morgan fingerprint density at radius 2 is 1.77 bits per heavy atom. The number of hydrogen-bond acceptors (Lipinski definition) is 11. The Labute approximate surface area is 276 Å². The first kappa shape index (κ1) is 31.6. The van der Waals surface area contributed by atoms with Crippen molar-refractivity contribution in [3.63, 3.8) is 0 Å². The van der Waals surface area contributed by atoms with Gasteiger partial charge in [0, 0.05) is 24.0 Å². The zero-order valence-corrected chi connectivity index (χ0v) is 26.9. The average Bonchev–Trinajstić information content (AvgIpc) is 3.40. The van der Waals surface area contributed by atoms with E-state index in [-0.39, 0.29) is 17.9 Å². The predicted molar refractivity (Wildman–Crippen MR) is 178 cm³/mol. The van der Waals surface area contributed by atoms with E-state index in [0.29, 0.717) is 54.1 Å². The second kappa shape index (κ2) is 13.9. The van der Waals surface area contributed by atoms with E-state index >= 15 is 0 Å². The van der Waals surface area contributed by atoms with Gasteiger partial charge in [-0.25, -0.2) is 19.8 Å². The summed E-state index contributed by atoms with van der Waals surface area (Å²) in [5, 5.41) is 12.4. The molecule has 0 amide bonds. The predicted octanol–water partition coefficient (Wildman–Crippen LogP) is 5.18. The molecule has 13 heteroatoms. The first-order valence-corrected chi connectivity index (χ1v) is 16.3. The fraction of sp³-hybridized carbons (Fsp3) is 0.147. The van der Waals surface area contributed by atoms with Gasteiger partial charge in [0.05, 0.1) is 44.9 Å². The summed E-state index contributed by atoms with van der Waals surface area (Å²) in [5.41, 5.74) is 1.87. The molecule has 0 bridgehead atoms. The van der Waals surface area contributed by atoms with E-state index in [1.165, 1.54) is 10.6 Å². The summed E-state index contributed by atoms with van der Waals surface area (Å²) in [7, 11) is 0. The molecule has 0 unspecified atom stereocenters. The summed E-state index contributed by atoms with van der Waals surface area (Å²) >= 11 is 2.21. The van der Waals surface area contributed by atoms with E-state index in [1.54, 1.807) is 55.7 Å². The van der Waals surface area contributed by atoms with Crippen LogP contribution in [-0.4, -0.2) is 38.6 Å². The van der Waals surface area contributed by atoms with Gasteiger partial charge in [-0.15, -0.1) is 0 Å². The molecule has 0 aliphatic carbocycles. The lowest BCUT2D eigenvalue weighted by molar-refractivity contribution is -0.387. The number of aromatic nitrogens is 3. The van der Waals surface area contributed by atoms with Gasteiger partial charge < -0.3 is 9.47 Å². The topological polar surface area (TPSA) is 139 Å². The maximum absolute atomic E-state index is 14.2. The van der Waals surface area contributed by atoms with Gasteiger partial charge in [0.2, 0.25) is 0 Å². The molecule has 236 valence electrons. The van der Waals surface area contributed by atoms with Gasteiger partial charge in [-0.1, -0.05) is 59.9 Å². The van der Waals surface area contributed by atoms with Gasteiger partial charge in [0.15, 0.2) is 9.96 Å². The Morgan fingerprint density at radius 3 is 2.45 bits per heavy atom. The molecule has 0 fully saturated rings.